The van der Waals surface area contributed by atoms with Crippen molar-refractivity contribution in [1.29, 1.82) is 0 Å². The lowest BCUT2D eigenvalue weighted by Crippen LogP contribution is -2.27. The van der Waals surface area contributed by atoms with Crippen molar-refractivity contribution in [3.63, 3.8) is 0 Å². The molecule has 0 N–H and O–H groups in total. The molecule has 0 spiro atoms. The van der Waals surface area contributed by atoms with Crippen molar-refractivity contribution in [2.24, 2.45) is 5.92 Å². The van der Waals surface area contributed by atoms with Crippen LogP contribution in [0.3, 0.4) is 0 Å². The van der Waals surface area contributed by atoms with E-state index in [9.17, 15) is 0 Å². The zero-order chi connectivity index (χ0) is 21.0. The van der Waals surface area contributed by atoms with Crippen LogP contribution in [0.2, 0.25) is 0 Å². The highest BCUT2D eigenvalue weighted by Crippen LogP contribution is 2.62. The summed E-state index contributed by atoms with van der Waals surface area (Å²) in [4.78, 5) is 0. The molecule has 0 fully saturated rings. The molecule has 2 unspecified atom stereocenters. The van der Waals surface area contributed by atoms with Crippen LogP contribution < -0.4 is 10.0 Å². The summed E-state index contributed by atoms with van der Waals surface area (Å²) in [5, 5.41) is 6.85. The second kappa shape index (κ2) is 7.10. The van der Waals surface area contributed by atoms with Gasteiger partial charge in [-0.1, -0.05) is 95.3 Å². The van der Waals surface area contributed by atoms with Gasteiger partial charge in [0.05, 0.1) is 0 Å². The zero-order valence-electron chi connectivity index (χ0n) is 18.4. The van der Waals surface area contributed by atoms with E-state index in [4.69, 9.17) is 4.74 Å². The Morgan fingerprint density at radius 1 is 0.800 bits per heavy atom. The quantitative estimate of drug-likeness (QED) is 0.240. The third-order valence-corrected chi connectivity index (χ3v) is 9.67. The Hall–Kier alpha value is -2.37. The summed E-state index contributed by atoms with van der Waals surface area (Å²) in [6.07, 6.45) is 0. The zero-order valence-corrected chi connectivity index (χ0v) is 19.3. The highest BCUT2D eigenvalue weighted by atomic mass is 31.1. The highest BCUT2D eigenvalue weighted by molar-refractivity contribution is 7.68. The van der Waals surface area contributed by atoms with Gasteiger partial charge in [-0.2, -0.15) is 0 Å². The molecule has 4 aromatic carbocycles. The Bertz CT molecular complexity index is 1190. The molecule has 1 nitrogen and oxygen atoms in total. The van der Waals surface area contributed by atoms with E-state index in [-0.39, 0.29) is 11.0 Å². The molecule has 0 aliphatic carbocycles. The molecule has 1 heterocycles. The lowest BCUT2D eigenvalue weighted by atomic mass is 9.92. The Morgan fingerprint density at radius 3 is 1.97 bits per heavy atom. The first-order valence-corrected chi connectivity index (χ1v) is 12.3. The van der Waals surface area contributed by atoms with Crippen molar-refractivity contribution in [2.45, 2.75) is 45.6 Å². The first kappa shape index (κ1) is 19.6. The van der Waals surface area contributed by atoms with Gasteiger partial charge in [-0.25, -0.2) is 0 Å². The summed E-state index contributed by atoms with van der Waals surface area (Å²) in [6, 6.07) is 26.6. The van der Waals surface area contributed by atoms with Crippen molar-refractivity contribution in [3.05, 3.63) is 72.8 Å². The van der Waals surface area contributed by atoms with E-state index in [2.05, 4.69) is 107 Å². The fraction of sp³-hybridized carbons (Fsp3) is 0.286. The van der Waals surface area contributed by atoms with Crippen LogP contribution >= 0.6 is 7.92 Å². The Morgan fingerprint density at radius 2 is 1.40 bits per heavy atom. The van der Waals surface area contributed by atoms with Gasteiger partial charge in [0.2, 0.25) is 0 Å². The van der Waals surface area contributed by atoms with Gasteiger partial charge in [0, 0.05) is 5.30 Å². The molecular weight excluding hydrogens is 383 g/mol. The molecule has 2 heteroatoms. The number of benzene rings is 4. The Kier molecular flexibility index (Phi) is 4.64. The molecule has 0 aromatic heterocycles. The molecule has 0 saturated heterocycles. The number of hydrogen-bond acceptors (Lipinski definition) is 1. The van der Waals surface area contributed by atoms with Crippen LogP contribution in [-0.2, 0) is 0 Å². The van der Waals surface area contributed by atoms with Crippen molar-refractivity contribution in [2.75, 3.05) is 0 Å². The number of ether oxygens (including phenoxy) is 1. The smallest absolute Gasteiger partial charge is 0.128 e. The largest absolute Gasteiger partial charge is 0.485 e. The van der Waals surface area contributed by atoms with Crippen LogP contribution in [0.1, 0.15) is 34.6 Å². The molecule has 0 saturated carbocycles. The van der Waals surface area contributed by atoms with E-state index in [0.29, 0.717) is 5.92 Å². The summed E-state index contributed by atoms with van der Waals surface area (Å²) < 4.78 is 6.62. The van der Waals surface area contributed by atoms with Crippen molar-refractivity contribution in [1.82, 2.24) is 0 Å². The van der Waals surface area contributed by atoms with E-state index in [1.165, 1.54) is 38.0 Å². The molecule has 5 rings (SSSR count). The van der Waals surface area contributed by atoms with Crippen LogP contribution in [0.4, 0.5) is 0 Å². The van der Waals surface area contributed by atoms with Gasteiger partial charge >= 0.3 is 0 Å². The standard InChI is InChI=1S/C28H29OP/c1-18(2)27-29-24-16-10-15-23(26(24)30(27)28(3,4)5)25-21-13-8-6-11-19(21)17-20-12-7-9-14-22(20)25/h6-18,27H,1-5H3. The summed E-state index contributed by atoms with van der Waals surface area (Å²) >= 11 is 0. The number of rotatable bonds is 2. The molecular formula is C28H29OP. The highest BCUT2D eigenvalue weighted by Gasteiger charge is 2.44. The number of hydrogen-bond donors (Lipinski definition) is 0. The predicted molar refractivity (Wildman–Crippen MR) is 132 cm³/mol. The van der Waals surface area contributed by atoms with E-state index < -0.39 is 7.92 Å². The maximum Gasteiger partial charge on any atom is 0.128 e. The Labute approximate surface area is 180 Å². The van der Waals surface area contributed by atoms with Crippen LogP contribution in [0.15, 0.2) is 72.8 Å². The average molecular weight is 413 g/mol. The summed E-state index contributed by atoms with van der Waals surface area (Å²) in [5.74, 6) is 1.83. The van der Waals surface area contributed by atoms with Gasteiger partial charge in [0.15, 0.2) is 0 Å². The molecule has 2 atom stereocenters. The van der Waals surface area contributed by atoms with Gasteiger partial charge in [0.25, 0.3) is 0 Å². The fourth-order valence-electron chi connectivity index (χ4n) is 4.83. The Balaban J connectivity index is 1.89. The van der Waals surface area contributed by atoms with Crippen molar-refractivity contribution in [3.8, 4) is 16.9 Å². The van der Waals surface area contributed by atoms with Gasteiger partial charge in [-0.3, -0.25) is 0 Å². The second-order valence-electron chi connectivity index (χ2n) is 9.64. The maximum atomic E-state index is 6.62. The first-order chi connectivity index (χ1) is 14.4. The van der Waals surface area contributed by atoms with Crippen molar-refractivity contribution < 1.29 is 4.74 Å². The third-order valence-electron chi connectivity index (χ3n) is 6.08. The first-order valence-electron chi connectivity index (χ1n) is 10.9. The van der Waals surface area contributed by atoms with Crippen LogP contribution in [0.5, 0.6) is 5.75 Å². The third kappa shape index (κ3) is 3.03. The molecule has 30 heavy (non-hydrogen) atoms. The lowest BCUT2D eigenvalue weighted by molar-refractivity contribution is 0.240. The SMILES string of the molecule is CC(C)C1Oc2cccc(-c3c4ccccc4cc4ccccc34)c2P1C(C)(C)C. The minimum absolute atomic E-state index is 0.173. The van der Waals surface area contributed by atoms with Gasteiger partial charge in [-0.15, -0.1) is 0 Å². The van der Waals surface area contributed by atoms with E-state index in [1.807, 2.05) is 0 Å². The van der Waals surface area contributed by atoms with Gasteiger partial charge in [0.1, 0.15) is 11.6 Å². The molecule has 152 valence electrons. The maximum absolute atomic E-state index is 6.62. The predicted octanol–water partition coefficient (Wildman–Crippen LogP) is 7.94. The van der Waals surface area contributed by atoms with Crippen molar-refractivity contribution >= 4 is 34.8 Å². The monoisotopic (exact) mass is 412 g/mol. The fourth-order valence-corrected chi connectivity index (χ4v) is 8.15. The van der Waals surface area contributed by atoms with E-state index >= 15 is 0 Å². The minimum atomic E-state index is -0.482. The average Bonchev–Trinajstić information content (AvgIpc) is 3.13. The van der Waals surface area contributed by atoms with Crippen LogP contribution in [-0.4, -0.2) is 11.0 Å². The van der Waals surface area contributed by atoms with Crippen LogP contribution in [0.25, 0.3) is 32.7 Å². The van der Waals surface area contributed by atoms with Gasteiger partial charge < -0.3 is 4.74 Å². The molecule has 0 bridgehead atoms. The van der Waals surface area contributed by atoms with E-state index in [0.717, 1.165) is 5.75 Å². The molecule has 4 aromatic rings. The lowest BCUT2D eigenvalue weighted by Gasteiger charge is -2.34. The minimum Gasteiger partial charge on any atom is -0.485 e. The summed E-state index contributed by atoms with van der Waals surface area (Å²) in [5.41, 5.74) is 2.70. The molecule has 1 aliphatic heterocycles. The van der Waals surface area contributed by atoms with E-state index in [1.54, 1.807) is 0 Å². The molecule has 0 radical (unpaired) electrons. The summed E-state index contributed by atoms with van der Waals surface area (Å²) in [7, 11) is -0.482. The molecule has 1 aliphatic rings. The second-order valence-corrected chi connectivity index (χ2v) is 12.7. The van der Waals surface area contributed by atoms with Gasteiger partial charge in [-0.05, 0) is 63.8 Å². The topological polar surface area (TPSA) is 9.23 Å². The summed E-state index contributed by atoms with van der Waals surface area (Å²) in [6.45, 7) is 11.7. The molecule has 0 amide bonds. The normalized spacial score (nSPS) is 18.7. The number of fused-ring (bicyclic) bond motifs is 3. The van der Waals surface area contributed by atoms with Crippen LogP contribution in [0, 0.1) is 5.92 Å².